The Morgan fingerprint density at radius 1 is 1.50 bits per heavy atom. The van der Waals surface area contributed by atoms with Gasteiger partial charge in [0.1, 0.15) is 11.5 Å². The van der Waals surface area contributed by atoms with E-state index in [-0.39, 0.29) is 17.5 Å². The molecule has 0 radical (unpaired) electrons. The fourth-order valence-electron chi connectivity index (χ4n) is 1.83. The van der Waals surface area contributed by atoms with E-state index in [1.165, 1.54) is 0 Å². The topological polar surface area (TPSA) is 77.5 Å². The lowest BCUT2D eigenvalue weighted by Gasteiger charge is -2.07. The molecule has 0 spiro atoms. The highest BCUT2D eigenvalue weighted by atomic mass is 32.2. The van der Waals surface area contributed by atoms with E-state index >= 15 is 0 Å². The summed E-state index contributed by atoms with van der Waals surface area (Å²) >= 11 is 0. The molecule has 16 heavy (non-hydrogen) atoms. The number of methoxy groups -OCH3 is 1. The number of Topliss-reactive ketones (excluding diaryl/α,β-unsaturated/α-hetero) is 1. The Labute approximate surface area is 95.1 Å². The number of ketones is 1. The van der Waals surface area contributed by atoms with Gasteiger partial charge in [-0.05, 0) is 19.3 Å². The fourth-order valence-corrected chi connectivity index (χ4v) is 3.09. The molecule has 92 valence electrons. The van der Waals surface area contributed by atoms with Crippen LogP contribution < -0.4 is 0 Å². The van der Waals surface area contributed by atoms with Crippen LogP contribution in [0.3, 0.4) is 0 Å². The number of hydrogen-bond donors (Lipinski definition) is 0. The normalized spacial score (nSPS) is 21.1. The van der Waals surface area contributed by atoms with Gasteiger partial charge in [-0.15, -0.1) is 0 Å². The van der Waals surface area contributed by atoms with E-state index in [1.54, 1.807) is 0 Å². The van der Waals surface area contributed by atoms with E-state index in [0.717, 1.165) is 20.0 Å². The second-order valence-electron chi connectivity index (χ2n) is 4.01. The molecule has 0 heterocycles. The molecule has 1 aliphatic carbocycles. The number of carbonyl (C=O) groups is 2. The van der Waals surface area contributed by atoms with Gasteiger partial charge in [-0.3, -0.25) is 9.59 Å². The second kappa shape index (κ2) is 5.43. The number of carbonyl (C=O) groups excluding carboxylic acids is 2. The van der Waals surface area contributed by atoms with Gasteiger partial charge in [-0.25, -0.2) is 8.42 Å². The smallest absolute Gasteiger partial charge is 0.320 e. The van der Waals surface area contributed by atoms with Gasteiger partial charge in [0.2, 0.25) is 0 Å². The van der Waals surface area contributed by atoms with Crippen LogP contribution in [0.15, 0.2) is 0 Å². The van der Waals surface area contributed by atoms with Crippen LogP contribution in [-0.4, -0.2) is 38.8 Å². The molecule has 1 fully saturated rings. The fraction of sp³-hybridized carbons (Fsp3) is 0.800. The summed E-state index contributed by atoms with van der Waals surface area (Å²) in [5, 5.41) is 0. The third-order valence-electron chi connectivity index (χ3n) is 2.77. The van der Waals surface area contributed by atoms with E-state index in [4.69, 9.17) is 0 Å². The maximum Gasteiger partial charge on any atom is 0.320 e. The van der Waals surface area contributed by atoms with Gasteiger partial charge < -0.3 is 4.74 Å². The number of sulfone groups is 1. The minimum atomic E-state index is -3.43. The Morgan fingerprint density at radius 3 is 2.69 bits per heavy atom. The standard InChI is InChI=1S/C10H16O5S/c1-15-10(12)7-16(13,14)6-5-8-3-2-4-9(8)11/h8H,2-7H2,1H3. The predicted octanol–water partition coefficient (Wildman–Crippen LogP) is 0.333. The van der Waals surface area contributed by atoms with Crippen molar-refractivity contribution in [1.82, 2.24) is 0 Å². The summed E-state index contributed by atoms with van der Waals surface area (Å²) in [4.78, 5) is 22.1. The molecule has 0 aromatic heterocycles. The SMILES string of the molecule is COC(=O)CS(=O)(=O)CCC1CCCC1=O. The molecule has 0 aromatic rings. The lowest BCUT2D eigenvalue weighted by molar-refractivity contribution is -0.137. The maximum absolute atomic E-state index is 11.5. The lowest BCUT2D eigenvalue weighted by atomic mass is 10.1. The van der Waals surface area contributed by atoms with Crippen molar-refractivity contribution >= 4 is 21.6 Å². The number of ether oxygens (including phenoxy) is 1. The molecule has 6 heteroatoms. The van der Waals surface area contributed by atoms with Crippen LogP contribution in [0.25, 0.3) is 0 Å². The minimum Gasteiger partial charge on any atom is -0.468 e. The van der Waals surface area contributed by atoms with Crippen molar-refractivity contribution in [3.63, 3.8) is 0 Å². The van der Waals surface area contributed by atoms with E-state index in [0.29, 0.717) is 12.8 Å². The van der Waals surface area contributed by atoms with Gasteiger partial charge in [0.05, 0.1) is 12.9 Å². The summed E-state index contributed by atoms with van der Waals surface area (Å²) < 4.78 is 27.2. The molecule has 1 atom stereocenters. The Morgan fingerprint density at radius 2 is 2.19 bits per heavy atom. The average Bonchev–Trinajstić information content (AvgIpc) is 2.60. The maximum atomic E-state index is 11.5. The summed E-state index contributed by atoms with van der Waals surface area (Å²) in [6, 6.07) is 0. The third-order valence-corrected chi connectivity index (χ3v) is 4.31. The first-order chi connectivity index (χ1) is 7.44. The van der Waals surface area contributed by atoms with E-state index in [9.17, 15) is 18.0 Å². The molecule has 1 saturated carbocycles. The van der Waals surface area contributed by atoms with Gasteiger partial charge in [-0.1, -0.05) is 0 Å². The average molecular weight is 248 g/mol. The molecule has 1 rings (SSSR count). The molecule has 0 aromatic carbocycles. The molecule has 0 saturated heterocycles. The highest BCUT2D eigenvalue weighted by molar-refractivity contribution is 7.92. The molecule has 1 unspecified atom stereocenters. The molecular weight excluding hydrogens is 232 g/mol. The van der Waals surface area contributed by atoms with Gasteiger partial charge in [0, 0.05) is 12.3 Å². The summed E-state index contributed by atoms with van der Waals surface area (Å²) in [5.74, 6) is -1.44. The van der Waals surface area contributed by atoms with Crippen LogP contribution in [0.1, 0.15) is 25.7 Å². The highest BCUT2D eigenvalue weighted by Gasteiger charge is 2.26. The molecule has 0 amide bonds. The van der Waals surface area contributed by atoms with Crippen LogP contribution in [0.5, 0.6) is 0 Å². The third kappa shape index (κ3) is 3.92. The Bertz CT molecular complexity index is 371. The van der Waals surface area contributed by atoms with Crippen molar-refractivity contribution in [1.29, 1.82) is 0 Å². The second-order valence-corrected chi connectivity index (χ2v) is 6.20. The summed E-state index contributed by atoms with van der Waals surface area (Å²) in [6.45, 7) is 0. The van der Waals surface area contributed by atoms with Gasteiger partial charge in [-0.2, -0.15) is 0 Å². The number of hydrogen-bond acceptors (Lipinski definition) is 5. The first-order valence-corrected chi connectivity index (χ1v) is 7.06. The first-order valence-electron chi connectivity index (χ1n) is 5.24. The zero-order valence-corrected chi connectivity index (χ0v) is 10.1. The predicted molar refractivity (Wildman–Crippen MR) is 57.6 cm³/mol. The Balaban J connectivity index is 2.41. The zero-order chi connectivity index (χ0) is 12.2. The van der Waals surface area contributed by atoms with Crippen LogP contribution >= 0.6 is 0 Å². The van der Waals surface area contributed by atoms with Gasteiger partial charge >= 0.3 is 5.97 Å². The Kier molecular flexibility index (Phi) is 4.46. The van der Waals surface area contributed by atoms with Crippen LogP contribution in [-0.2, 0) is 24.2 Å². The highest BCUT2D eigenvalue weighted by Crippen LogP contribution is 2.24. The van der Waals surface area contributed by atoms with Crippen molar-refractivity contribution in [2.24, 2.45) is 5.92 Å². The van der Waals surface area contributed by atoms with Gasteiger partial charge in [0.15, 0.2) is 9.84 Å². The molecule has 0 N–H and O–H groups in total. The Hall–Kier alpha value is -0.910. The van der Waals surface area contributed by atoms with E-state index < -0.39 is 21.6 Å². The number of rotatable bonds is 5. The van der Waals surface area contributed by atoms with Crippen molar-refractivity contribution < 1.29 is 22.7 Å². The quantitative estimate of drug-likeness (QED) is 0.655. The van der Waals surface area contributed by atoms with Crippen LogP contribution in [0.2, 0.25) is 0 Å². The molecular formula is C10H16O5S. The zero-order valence-electron chi connectivity index (χ0n) is 9.27. The molecule has 1 aliphatic rings. The van der Waals surface area contributed by atoms with Crippen molar-refractivity contribution in [2.75, 3.05) is 18.6 Å². The first kappa shape index (κ1) is 13.2. The van der Waals surface area contributed by atoms with Gasteiger partial charge in [0.25, 0.3) is 0 Å². The molecule has 0 bridgehead atoms. The van der Waals surface area contributed by atoms with Crippen molar-refractivity contribution in [3.8, 4) is 0 Å². The summed E-state index contributed by atoms with van der Waals surface area (Å²) in [5.41, 5.74) is 0. The van der Waals surface area contributed by atoms with Crippen molar-refractivity contribution in [2.45, 2.75) is 25.7 Å². The minimum absolute atomic E-state index is 0.113. The van der Waals surface area contributed by atoms with E-state index in [1.807, 2.05) is 0 Å². The summed E-state index contributed by atoms with van der Waals surface area (Å²) in [6.07, 6.45) is 2.51. The van der Waals surface area contributed by atoms with Crippen molar-refractivity contribution in [3.05, 3.63) is 0 Å². The van der Waals surface area contributed by atoms with Crippen LogP contribution in [0, 0.1) is 5.92 Å². The largest absolute Gasteiger partial charge is 0.468 e. The van der Waals surface area contributed by atoms with Crippen LogP contribution in [0.4, 0.5) is 0 Å². The van der Waals surface area contributed by atoms with E-state index in [2.05, 4.69) is 4.74 Å². The number of esters is 1. The monoisotopic (exact) mass is 248 g/mol. The molecule has 0 aliphatic heterocycles. The summed E-state index contributed by atoms with van der Waals surface area (Å²) in [7, 11) is -2.28. The lowest BCUT2D eigenvalue weighted by Crippen LogP contribution is -2.22. The molecule has 5 nitrogen and oxygen atoms in total.